The Balaban J connectivity index is 1.30. The molecule has 1 amide bonds. The molecular weight excluding hydrogens is 402 g/mol. The van der Waals surface area contributed by atoms with Crippen LogP contribution in [0.2, 0.25) is 0 Å². The lowest BCUT2D eigenvalue weighted by Gasteiger charge is -2.34. The van der Waals surface area contributed by atoms with Crippen molar-refractivity contribution in [1.82, 2.24) is 29.9 Å². The van der Waals surface area contributed by atoms with Gasteiger partial charge >= 0.3 is 0 Å². The van der Waals surface area contributed by atoms with Crippen molar-refractivity contribution >= 4 is 29.0 Å². The summed E-state index contributed by atoms with van der Waals surface area (Å²) in [5, 5.41) is 8.68. The molecule has 0 saturated carbocycles. The molecule has 160 valence electrons. The van der Waals surface area contributed by atoms with Crippen LogP contribution in [0.4, 0.5) is 5.82 Å². The van der Waals surface area contributed by atoms with Crippen molar-refractivity contribution in [3.05, 3.63) is 78.1 Å². The molecule has 1 aliphatic rings. The fourth-order valence-corrected chi connectivity index (χ4v) is 3.80. The third kappa shape index (κ3) is 3.94. The number of nitrogens with zero attached hydrogens (tertiary/aromatic N) is 7. The monoisotopic (exact) mass is 425 g/mol. The molecule has 0 bridgehead atoms. The predicted molar refractivity (Wildman–Crippen MR) is 123 cm³/mol. The van der Waals surface area contributed by atoms with Gasteiger partial charge in [0.15, 0.2) is 17.0 Å². The molecule has 1 aliphatic heterocycles. The maximum absolute atomic E-state index is 12.6. The number of aromatic nitrogens is 5. The van der Waals surface area contributed by atoms with Gasteiger partial charge in [-0.1, -0.05) is 53.2 Å². The van der Waals surface area contributed by atoms with Crippen LogP contribution in [-0.4, -0.2) is 61.9 Å². The first-order valence-corrected chi connectivity index (χ1v) is 10.6. The first kappa shape index (κ1) is 19.9. The van der Waals surface area contributed by atoms with Crippen molar-refractivity contribution in [2.45, 2.75) is 6.92 Å². The van der Waals surface area contributed by atoms with Crippen LogP contribution in [-0.2, 0) is 4.79 Å². The van der Waals surface area contributed by atoms with E-state index in [0.717, 1.165) is 17.1 Å². The number of hydrogen-bond acceptors (Lipinski definition) is 6. The number of rotatable bonds is 4. The standard InChI is InChI=1S/C24H23N7O/c1-18-7-10-20(11-8-18)31-24-22(27-28-31)23(25-17-26-24)30-15-13-29(14-16-30)21(32)12-9-19-5-3-2-4-6-19/h2-12,17H,13-16H2,1H3/b12-9-. The fraction of sp³-hybridized carbons (Fsp3) is 0.208. The number of hydrogen-bond donors (Lipinski definition) is 0. The summed E-state index contributed by atoms with van der Waals surface area (Å²) in [5.41, 5.74) is 4.43. The van der Waals surface area contributed by atoms with Gasteiger partial charge in [-0.25, -0.2) is 9.97 Å². The van der Waals surface area contributed by atoms with Crippen LogP contribution in [0.3, 0.4) is 0 Å². The number of fused-ring (bicyclic) bond motifs is 1. The second kappa shape index (κ2) is 8.58. The van der Waals surface area contributed by atoms with E-state index < -0.39 is 0 Å². The Labute approximate surface area is 185 Å². The minimum absolute atomic E-state index is 0.0200. The van der Waals surface area contributed by atoms with E-state index in [1.807, 2.05) is 72.5 Å². The Bertz CT molecular complexity index is 1260. The van der Waals surface area contributed by atoms with E-state index in [1.165, 1.54) is 5.56 Å². The maximum Gasteiger partial charge on any atom is 0.246 e. The van der Waals surface area contributed by atoms with Crippen LogP contribution in [0.25, 0.3) is 22.9 Å². The van der Waals surface area contributed by atoms with Crippen molar-refractivity contribution in [1.29, 1.82) is 0 Å². The Morgan fingerprint density at radius 1 is 0.938 bits per heavy atom. The summed E-state index contributed by atoms with van der Waals surface area (Å²) in [6.45, 7) is 4.64. The SMILES string of the molecule is Cc1ccc(-n2nnc3c(N4CCN(C(=O)/C=C\c5ccccc5)CC4)ncnc32)cc1. The molecule has 0 unspecified atom stereocenters. The summed E-state index contributed by atoms with van der Waals surface area (Å²) < 4.78 is 1.73. The quantitative estimate of drug-likeness (QED) is 0.468. The third-order valence-electron chi connectivity index (χ3n) is 5.61. The van der Waals surface area contributed by atoms with Crippen molar-refractivity contribution in [2.75, 3.05) is 31.1 Å². The molecule has 2 aromatic heterocycles. The summed E-state index contributed by atoms with van der Waals surface area (Å²) >= 11 is 0. The molecule has 5 rings (SSSR count). The molecule has 32 heavy (non-hydrogen) atoms. The van der Waals surface area contributed by atoms with Gasteiger partial charge in [0, 0.05) is 32.3 Å². The average molecular weight is 425 g/mol. The van der Waals surface area contributed by atoms with Gasteiger partial charge in [-0.15, -0.1) is 5.10 Å². The summed E-state index contributed by atoms with van der Waals surface area (Å²) in [5.74, 6) is 0.770. The van der Waals surface area contributed by atoms with Crippen LogP contribution in [0.1, 0.15) is 11.1 Å². The van der Waals surface area contributed by atoms with E-state index in [1.54, 1.807) is 17.1 Å². The summed E-state index contributed by atoms with van der Waals surface area (Å²) in [6.07, 6.45) is 5.04. The molecular formula is C24H23N7O. The number of piperazine rings is 1. The van der Waals surface area contributed by atoms with Crippen LogP contribution < -0.4 is 4.90 Å². The summed E-state index contributed by atoms with van der Waals surface area (Å²) in [7, 11) is 0. The molecule has 0 aliphatic carbocycles. The Kier molecular flexibility index (Phi) is 5.33. The molecule has 1 fully saturated rings. The highest BCUT2D eigenvalue weighted by Gasteiger charge is 2.24. The number of aryl methyl sites for hydroxylation is 1. The van der Waals surface area contributed by atoms with Crippen molar-refractivity contribution in [2.24, 2.45) is 0 Å². The number of carbonyl (C=O) groups excluding carboxylic acids is 1. The van der Waals surface area contributed by atoms with Gasteiger partial charge in [-0.3, -0.25) is 4.79 Å². The van der Waals surface area contributed by atoms with E-state index in [0.29, 0.717) is 37.3 Å². The van der Waals surface area contributed by atoms with Gasteiger partial charge in [0.1, 0.15) is 6.33 Å². The second-order valence-electron chi connectivity index (χ2n) is 7.76. The van der Waals surface area contributed by atoms with Gasteiger partial charge in [0.25, 0.3) is 0 Å². The van der Waals surface area contributed by atoms with Gasteiger partial charge in [-0.05, 0) is 30.7 Å². The van der Waals surface area contributed by atoms with Gasteiger partial charge in [0.05, 0.1) is 5.69 Å². The van der Waals surface area contributed by atoms with Crippen LogP contribution in [0, 0.1) is 6.92 Å². The number of amides is 1. The first-order chi connectivity index (χ1) is 15.7. The highest BCUT2D eigenvalue weighted by molar-refractivity contribution is 5.92. The van der Waals surface area contributed by atoms with E-state index in [2.05, 4.69) is 25.2 Å². The maximum atomic E-state index is 12.6. The largest absolute Gasteiger partial charge is 0.351 e. The van der Waals surface area contributed by atoms with Crippen molar-refractivity contribution < 1.29 is 4.79 Å². The number of anilines is 1. The van der Waals surface area contributed by atoms with E-state index in [-0.39, 0.29) is 5.91 Å². The molecule has 4 aromatic rings. The number of benzene rings is 2. The van der Waals surface area contributed by atoms with Crippen LogP contribution in [0.5, 0.6) is 0 Å². The van der Waals surface area contributed by atoms with Gasteiger partial charge < -0.3 is 9.80 Å². The molecule has 0 N–H and O–H groups in total. The van der Waals surface area contributed by atoms with E-state index in [4.69, 9.17) is 0 Å². The summed E-state index contributed by atoms with van der Waals surface area (Å²) in [4.78, 5) is 25.5. The van der Waals surface area contributed by atoms with Crippen molar-refractivity contribution in [3.8, 4) is 5.69 Å². The van der Waals surface area contributed by atoms with Crippen LogP contribution >= 0.6 is 0 Å². The zero-order valence-electron chi connectivity index (χ0n) is 17.8. The Morgan fingerprint density at radius 3 is 2.44 bits per heavy atom. The molecule has 0 spiro atoms. The highest BCUT2D eigenvalue weighted by Crippen LogP contribution is 2.23. The lowest BCUT2D eigenvalue weighted by atomic mass is 10.2. The predicted octanol–water partition coefficient (Wildman–Crippen LogP) is 2.88. The smallest absolute Gasteiger partial charge is 0.246 e. The average Bonchev–Trinajstić information content (AvgIpc) is 3.28. The molecule has 0 radical (unpaired) electrons. The third-order valence-corrected chi connectivity index (χ3v) is 5.61. The van der Waals surface area contributed by atoms with Gasteiger partial charge in [0.2, 0.25) is 5.91 Å². The van der Waals surface area contributed by atoms with Crippen molar-refractivity contribution in [3.63, 3.8) is 0 Å². The molecule has 8 heteroatoms. The minimum Gasteiger partial charge on any atom is -0.351 e. The molecule has 3 heterocycles. The van der Waals surface area contributed by atoms with E-state index >= 15 is 0 Å². The molecule has 1 saturated heterocycles. The Hall–Kier alpha value is -4.07. The summed E-state index contributed by atoms with van der Waals surface area (Å²) in [6, 6.07) is 17.9. The zero-order chi connectivity index (χ0) is 21.9. The lowest BCUT2D eigenvalue weighted by molar-refractivity contribution is -0.126. The lowest BCUT2D eigenvalue weighted by Crippen LogP contribution is -2.48. The zero-order valence-corrected chi connectivity index (χ0v) is 17.8. The molecule has 8 nitrogen and oxygen atoms in total. The normalized spacial score (nSPS) is 14.4. The number of carbonyl (C=O) groups is 1. The van der Waals surface area contributed by atoms with E-state index in [9.17, 15) is 4.79 Å². The second-order valence-corrected chi connectivity index (χ2v) is 7.76. The minimum atomic E-state index is 0.0200. The highest BCUT2D eigenvalue weighted by atomic mass is 16.2. The fourth-order valence-electron chi connectivity index (χ4n) is 3.80. The first-order valence-electron chi connectivity index (χ1n) is 10.6. The van der Waals surface area contributed by atoms with Crippen LogP contribution in [0.15, 0.2) is 67.0 Å². The topological polar surface area (TPSA) is 80.0 Å². The van der Waals surface area contributed by atoms with Gasteiger partial charge in [-0.2, -0.15) is 4.68 Å². The molecule has 2 aromatic carbocycles. The Morgan fingerprint density at radius 2 is 1.69 bits per heavy atom. The molecule has 0 atom stereocenters.